The Labute approximate surface area is 158 Å². The van der Waals surface area contributed by atoms with Gasteiger partial charge in [-0.2, -0.15) is 0 Å². The number of morpholine rings is 1. The topological polar surface area (TPSA) is 50.8 Å². The van der Waals surface area contributed by atoms with Gasteiger partial charge in [0.1, 0.15) is 5.75 Å². The van der Waals surface area contributed by atoms with Crippen LogP contribution < -0.4 is 10.1 Å². The summed E-state index contributed by atoms with van der Waals surface area (Å²) < 4.78 is 11.0. The predicted molar refractivity (Wildman–Crippen MR) is 102 cm³/mol. The van der Waals surface area contributed by atoms with Crippen LogP contribution in [-0.2, 0) is 9.53 Å². The third-order valence-corrected chi connectivity index (χ3v) is 4.52. The molecule has 1 N–H and O–H groups in total. The summed E-state index contributed by atoms with van der Waals surface area (Å²) in [6.07, 6.45) is 0. The summed E-state index contributed by atoms with van der Waals surface area (Å²) in [5, 5.41) is 3.73. The van der Waals surface area contributed by atoms with Gasteiger partial charge in [0.15, 0.2) is 6.61 Å². The van der Waals surface area contributed by atoms with Crippen LogP contribution in [0.15, 0.2) is 54.6 Å². The first-order valence-corrected chi connectivity index (χ1v) is 9.11. The van der Waals surface area contributed by atoms with Gasteiger partial charge in [0, 0.05) is 24.7 Å². The lowest BCUT2D eigenvalue weighted by atomic mass is 10.1. The number of benzene rings is 2. The highest BCUT2D eigenvalue weighted by Crippen LogP contribution is 2.17. The molecule has 2 aromatic rings. The molecule has 1 aliphatic rings. The number of hydrogen-bond donors (Lipinski definition) is 1. The first-order chi connectivity index (χ1) is 12.7. The zero-order chi connectivity index (χ0) is 18.2. The largest absolute Gasteiger partial charge is 0.484 e. The Bertz CT molecular complexity index is 688. The number of halogens is 1. The number of rotatable bonds is 7. The van der Waals surface area contributed by atoms with Crippen molar-refractivity contribution in [2.24, 2.45) is 0 Å². The first kappa shape index (κ1) is 18.7. The van der Waals surface area contributed by atoms with Crippen molar-refractivity contribution >= 4 is 17.5 Å². The monoisotopic (exact) mass is 374 g/mol. The number of nitrogens with zero attached hydrogens (tertiary/aromatic N) is 1. The summed E-state index contributed by atoms with van der Waals surface area (Å²) in [7, 11) is 0. The van der Waals surface area contributed by atoms with Crippen LogP contribution in [0.4, 0.5) is 0 Å². The maximum Gasteiger partial charge on any atom is 0.258 e. The third-order valence-electron chi connectivity index (χ3n) is 4.27. The zero-order valence-corrected chi connectivity index (χ0v) is 15.3. The molecule has 1 atom stereocenters. The van der Waals surface area contributed by atoms with Crippen LogP contribution in [0.2, 0.25) is 5.02 Å². The van der Waals surface area contributed by atoms with E-state index in [0.29, 0.717) is 10.8 Å². The minimum Gasteiger partial charge on any atom is -0.484 e. The highest BCUT2D eigenvalue weighted by atomic mass is 35.5. The number of carbonyl (C=O) groups is 1. The molecule has 1 fully saturated rings. The van der Waals surface area contributed by atoms with E-state index in [-0.39, 0.29) is 18.6 Å². The minimum atomic E-state index is -0.151. The molecule has 0 bridgehead atoms. The zero-order valence-electron chi connectivity index (χ0n) is 14.6. The van der Waals surface area contributed by atoms with Crippen molar-refractivity contribution in [3.05, 3.63) is 65.2 Å². The smallest absolute Gasteiger partial charge is 0.258 e. The fourth-order valence-electron chi connectivity index (χ4n) is 2.88. The van der Waals surface area contributed by atoms with Crippen molar-refractivity contribution in [1.82, 2.24) is 10.2 Å². The lowest BCUT2D eigenvalue weighted by Gasteiger charge is -2.31. The van der Waals surface area contributed by atoms with Gasteiger partial charge < -0.3 is 14.8 Å². The van der Waals surface area contributed by atoms with Gasteiger partial charge in [-0.1, -0.05) is 41.9 Å². The molecule has 0 unspecified atom stereocenters. The average Bonchev–Trinajstić information content (AvgIpc) is 2.68. The van der Waals surface area contributed by atoms with Crippen LogP contribution in [0, 0.1) is 0 Å². The highest BCUT2D eigenvalue weighted by Gasteiger charge is 2.20. The Morgan fingerprint density at radius 1 is 1.12 bits per heavy atom. The molecular formula is C20H23ClN2O3. The van der Waals surface area contributed by atoms with E-state index in [0.717, 1.165) is 38.4 Å². The molecule has 138 valence electrons. The molecule has 0 aliphatic carbocycles. The molecule has 1 heterocycles. The van der Waals surface area contributed by atoms with Crippen molar-refractivity contribution in [3.63, 3.8) is 0 Å². The molecule has 0 aromatic heterocycles. The van der Waals surface area contributed by atoms with Gasteiger partial charge in [-0.3, -0.25) is 9.69 Å². The first-order valence-electron chi connectivity index (χ1n) is 8.73. The van der Waals surface area contributed by atoms with Crippen LogP contribution in [0.25, 0.3) is 0 Å². The Morgan fingerprint density at radius 3 is 2.50 bits per heavy atom. The Kier molecular flexibility index (Phi) is 6.89. The van der Waals surface area contributed by atoms with Gasteiger partial charge in [-0.15, -0.1) is 0 Å². The summed E-state index contributed by atoms with van der Waals surface area (Å²) in [5.41, 5.74) is 1.08. The molecule has 0 spiro atoms. The molecule has 1 saturated heterocycles. The Morgan fingerprint density at radius 2 is 1.81 bits per heavy atom. The normalized spacial score (nSPS) is 16.0. The summed E-state index contributed by atoms with van der Waals surface area (Å²) in [6, 6.07) is 16.9. The highest BCUT2D eigenvalue weighted by molar-refractivity contribution is 6.30. The van der Waals surface area contributed by atoms with Crippen LogP contribution >= 0.6 is 11.6 Å². The fourth-order valence-corrected chi connectivity index (χ4v) is 3.00. The van der Waals surface area contributed by atoms with Gasteiger partial charge in [0.2, 0.25) is 0 Å². The number of ether oxygens (including phenoxy) is 2. The summed E-state index contributed by atoms with van der Waals surface area (Å²) in [6.45, 7) is 3.93. The van der Waals surface area contributed by atoms with E-state index in [1.165, 1.54) is 0 Å². The van der Waals surface area contributed by atoms with Crippen LogP contribution in [-0.4, -0.2) is 50.3 Å². The Balaban J connectivity index is 1.58. The van der Waals surface area contributed by atoms with Crippen LogP contribution in [0.5, 0.6) is 5.75 Å². The SMILES string of the molecule is O=C(COc1ccc(Cl)cc1)N[C@H](CN1CCOCC1)c1ccccc1. The standard InChI is InChI=1S/C20H23ClN2O3/c21-17-6-8-18(9-7-17)26-15-20(24)22-19(16-4-2-1-3-5-16)14-23-10-12-25-13-11-23/h1-9,19H,10-15H2,(H,22,24)/t19-/m1/s1. The maximum atomic E-state index is 12.4. The van der Waals surface area contributed by atoms with Crippen LogP contribution in [0.3, 0.4) is 0 Å². The molecule has 1 aliphatic heterocycles. The van der Waals surface area contributed by atoms with Gasteiger partial charge in [0.05, 0.1) is 19.3 Å². The molecule has 3 rings (SSSR count). The van der Waals surface area contributed by atoms with E-state index < -0.39 is 0 Å². The molecule has 0 saturated carbocycles. The number of carbonyl (C=O) groups excluding carboxylic acids is 1. The minimum absolute atomic E-state index is 0.0337. The summed E-state index contributed by atoms with van der Waals surface area (Å²) in [5.74, 6) is 0.469. The number of hydrogen-bond acceptors (Lipinski definition) is 4. The van der Waals surface area contributed by atoms with Crippen molar-refractivity contribution in [2.75, 3.05) is 39.5 Å². The summed E-state index contributed by atoms with van der Waals surface area (Å²) in [4.78, 5) is 14.7. The van der Waals surface area contributed by atoms with E-state index in [9.17, 15) is 4.79 Å². The average molecular weight is 375 g/mol. The molecule has 1 amide bonds. The van der Waals surface area contributed by atoms with Gasteiger partial charge in [-0.25, -0.2) is 0 Å². The van der Waals surface area contributed by atoms with Gasteiger partial charge >= 0.3 is 0 Å². The number of nitrogens with one attached hydrogen (secondary N) is 1. The van der Waals surface area contributed by atoms with E-state index in [2.05, 4.69) is 10.2 Å². The lowest BCUT2D eigenvalue weighted by Crippen LogP contribution is -2.44. The van der Waals surface area contributed by atoms with Crippen LogP contribution in [0.1, 0.15) is 11.6 Å². The molecule has 5 nitrogen and oxygen atoms in total. The van der Waals surface area contributed by atoms with Crippen molar-refractivity contribution in [1.29, 1.82) is 0 Å². The van der Waals surface area contributed by atoms with Crippen molar-refractivity contribution < 1.29 is 14.3 Å². The molecule has 0 radical (unpaired) electrons. The Hall–Kier alpha value is -2.08. The van der Waals surface area contributed by atoms with Gasteiger partial charge in [0.25, 0.3) is 5.91 Å². The van der Waals surface area contributed by atoms with E-state index in [4.69, 9.17) is 21.1 Å². The van der Waals surface area contributed by atoms with E-state index in [1.807, 2.05) is 30.3 Å². The second-order valence-corrected chi connectivity index (χ2v) is 6.62. The van der Waals surface area contributed by atoms with E-state index in [1.54, 1.807) is 24.3 Å². The van der Waals surface area contributed by atoms with Gasteiger partial charge in [-0.05, 0) is 29.8 Å². The third kappa shape index (κ3) is 5.73. The fraction of sp³-hybridized carbons (Fsp3) is 0.350. The molecular weight excluding hydrogens is 352 g/mol. The van der Waals surface area contributed by atoms with Crippen molar-refractivity contribution in [3.8, 4) is 5.75 Å². The molecule has 2 aromatic carbocycles. The second-order valence-electron chi connectivity index (χ2n) is 6.19. The second kappa shape index (κ2) is 9.57. The maximum absolute atomic E-state index is 12.4. The van der Waals surface area contributed by atoms with E-state index >= 15 is 0 Å². The van der Waals surface area contributed by atoms with Crippen molar-refractivity contribution in [2.45, 2.75) is 6.04 Å². The summed E-state index contributed by atoms with van der Waals surface area (Å²) >= 11 is 5.86. The number of amides is 1. The quantitative estimate of drug-likeness (QED) is 0.809. The predicted octanol–water partition coefficient (Wildman–Crippen LogP) is 2.91. The molecule has 26 heavy (non-hydrogen) atoms. The molecule has 6 heteroatoms. The lowest BCUT2D eigenvalue weighted by molar-refractivity contribution is -0.124.